The minimum Gasteiger partial charge on any atom is -0.465 e. The van der Waals surface area contributed by atoms with Crippen LogP contribution in [-0.2, 0) is 4.74 Å². The first-order valence-electron chi connectivity index (χ1n) is 14.5. The van der Waals surface area contributed by atoms with Crippen molar-refractivity contribution < 1.29 is 24.2 Å². The number of primary amides is 1. The highest BCUT2D eigenvalue weighted by atomic mass is 16.6. The summed E-state index contributed by atoms with van der Waals surface area (Å²) in [5.41, 5.74) is 7.70. The van der Waals surface area contributed by atoms with E-state index in [2.05, 4.69) is 29.5 Å². The van der Waals surface area contributed by atoms with E-state index in [0.29, 0.717) is 50.7 Å². The summed E-state index contributed by atoms with van der Waals surface area (Å²) in [5, 5.41) is 15.5. The lowest BCUT2D eigenvalue weighted by Gasteiger charge is -2.33. The van der Waals surface area contributed by atoms with Crippen LogP contribution in [0.3, 0.4) is 0 Å². The van der Waals surface area contributed by atoms with Gasteiger partial charge >= 0.3 is 12.2 Å². The third kappa shape index (κ3) is 7.98. The predicted molar refractivity (Wildman–Crippen MR) is 158 cm³/mol. The number of piperidine rings is 2. The number of ether oxygens (including phenoxy) is 1. The molecule has 42 heavy (non-hydrogen) atoms. The van der Waals surface area contributed by atoms with Crippen LogP contribution in [0.2, 0.25) is 0 Å². The predicted octanol–water partition coefficient (Wildman–Crippen LogP) is 4.19. The van der Waals surface area contributed by atoms with Gasteiger partial charge in [0.15, 0.2) is 0 Å². The van der Waals surface area contributed by atoms with Crippen LogP contribution in [0.25, 0.3) is 0 Å². The second-order valence-electron chi connectivity index (χ2n) is 12.3. The van der Waals surface area contributed by atoms with Crippen molar-refractivity contribution in [2.24, 2.45) is 5.73 Å². The molecule has 0 bridgehead atoms. The number of hydrogen-bond acceptors (Lipinski definition) is 9. The number of pyridine rings is 1. The first-order chi connectivity index (χ1) is 19.8. The third-order valence-electron chi connectivity index (χ3n) is 7.37. The van der Waals surface area contributed by atoms with Gasteiger partial charge in [-0.1, -0.05) is 13.8 Å². The molecule has 2 aromatic rings. The second kappa shape index (κ2) is 12.8. The molecule has 3 amide bonds. The smallest absolute Gasteiger partial charge is 0.407 e. The minimum absolute atomic E-state index is 0.110. The summed E-state index contributed by atoms with van der Waals surface area (Å²) in [6.45, 7) is 11.7. The van der Waals surface area contributed by atoms with E-state index in [4.69, 9.17) is 20.4 Å². The number of nitrogens with zero attached hydrogens (tertiary/aromatic N) is 5. The van der Waals surface area contributed by atoms with Gasteiger partial charge in [-0.05, 0) is 64.5 Å². The average Bonchev–Trinajstić information content (AvgIpc) is 2.91. The molecule has 5 N–H and O–H groups in total. The molecule has 0 unspecified atom stereocenters. The molecule has 0 aromatic carbocycles. The molecule has 0 spiro atoms. The lowest BCUT2D eigenvalue weighted by Crippen LogP contribution is -2.49. The zero-order chi connectivity index (χ0) is 30.6. The van der Waals surface area contributed by atoms with Gasteiger partial charge in [-0.3, -0.25) is 9.78 Å². The zero-order valence-corrected chi connectivity index (χ0v) is 25.0. The molecule has 2 saturated heterocycles. The molecule has 0 aliphatic carbocycles. The quantitative estimate of drug-likeness (QED) is 0.370. The van der Waals surface area contributed by atoms with Crippen molar-refractivity contribution in [1.29, 1.82) is 0 Å². The summed E-state index contributed by atoms with van der Waals surface area (Å²) in [7, 11) is 0. The van der Waals surface area contributed by atoms with Gasteiger partial charge in [0.1, 0.15) is 17.0 Å². The standard InChI is InChI=1S/C29H42N8O5/c1-17(2)22-13-20(14-23(34-22)18-8-11-36(12-9-18)28(40)41)32-25-21(24(30)38)15-31-26(35-25)37-10-6-7-19(16-37)33-27(39)42-29(3,4)5/h13-15,17-19H,6-12,16H2,1-5H3,(H2,30,38)(H,33,39)(H,40,41)(H,31,32,34,35)/t19-/m0/s1. The van der Waals surface area contributed by atoms with Crippen molar-refractivity contribution in [3.63, 3.8) is 0 Å². The number of carbonyl (C=O) groups is 3. The Hall–Kier alpha value is -4.16. The Morgan fingerprint density at radius 1 is 1.10 bits per heavy atom. The number of nitrogens with two attached hydrogens (primary N) is 1. The van der Waals surface area contributed by atoms with Crippen LogP contribution in [0.15, 0.2) is 18.3 Å². The van der Waals surface area contributed by atoms with E-state index in [-0.39, 0.29) is 29.3 Å². The highest BCUT2D eigenvalue weighted by molar-refractivity contribution is 5.98. The van der Waals surface area contributed by atoms with Gasteiger partial charge in [0, 0.05) is 61.4 Å². The van der Waals surface area contributed by atoms with Crippen LogP contribution in [-0.4, -0.2) is 80.9 Å². The van der Waals surface area contributed by atoms with E-state index in [1.165, 1.54) is 11.1 Å². The Morgan fingerprint density at radius 2 is 1.81 bits per heavy atom. The van der Waals surface area contributed by atoms with Gasteiger partial charge < -0.3 is 36.0 Å². The lowest BCUT2D eigenvalue weighted by atomic mass is 9.92. The number of aromatic nitrogens is 3. The molecule has 4 rings (SSSR count). The van der Waals surface area contributed by atoms with Gasteiger partial charge in [-0.25, -0.2) is 14.6 Å². The zero-order valence-electron chi connectivity index (χ0n) is 25.0. The number of anilines is 3. The van der Waals surface area contributed by atoms with E-state index in [0.717, 1.165) is 24.2 Å². The molecular formula is C29H42N8O5. The molecule has 2 aromatic heterocycles. The van der Waals surface area contributed by atoms with Gasteiger partial charge in [-0.2, -0.15) is 4.98 Å². The van der Waals surface area contributed by atoms with Crippen molar-refractivity contribution in [3.05, 3.63) is 35.3 Å². The summed E-state index contributed by atoms with van der Waals surface area (Å²) in [6, 6.07) is 3.71. The Kier molecular flexibility index (Phi) is 9.37. The van der Waals surface area contributed by atoms with Crippen molar-refractivity contribution in [1.82, 2.24) is 25.2 Å². The number of rotatable bonds is 7. The highest BCUT2D eigenvalue weighted by Gasteiger charge is 2.28. The van der Waals surface area contributed by atoms with E-state index >= 15 is 0 Å². The normalized spacial score (nSPS) is 18.1. The van der Waals surface area contributed by atoms with Gasteiger partial charge in [-0.15, -0.1) is 0 Å². The number of carboxylic acid groups (broad SMARTS) is 1. The highest BCUT2D eigenvalue weighted by Crippen LogP contribution is 2.32. The Bertz CT molecular complexity index is 1300. The van der Waals surface area contributed by atoms with Crippen LogP contribution < -0.4 is 21.3 Å². The van der Waals surface area contributed by atoms with E-state index in [9.17, 15) is 19.5 Å². The van der Waals surface area contributed by atoms with Gasteiger partial charge in [0.05, 0.1) is 0 Å². The van der Waals surface area contributed by atoms with Crippen LogP contribution in [0.1, 0.15) is 93.9 Å². The number of likely N-dealkylation sites (tertiary alicyclic amines) is 1. The van der Waals surface area contributed by atoms with Crippen LogP contribution in [0.5, 0.6) is 0 Å². The second-order valence-corrected chi connectivity index (χ2v) is 12.3. The number of amides is 3. The Labute approximate surface area is 246 Å². The molecule has 4 heterocycles. The van der Waals surface area contributed by atoms with Crippen LogP contribution in [0.4, 0.5) is 27.0 Å². The fourth-order valence-corrected chi connectivity index (χ4v) is 5.21. The lowest BCUT2D eigenvalue weighted by molar-refractivity contribution is 0.0499. The minimum atomic E-state index is -0.904. The largest absolute Gasteiger partial charge is 0.465 e. The van der Waals surface area contributed by atoms with Crippen molar-refractivity contribution in [2.45, 2.75) is 83.8 Å². The first-order valence-corrected chi connectivity index (χ1v) is 14.5. The Morgan fingerprint density at radius 3 is 2.43 bits per heavy atom. The van der Waals surface area contributed by atoms with E-state index in [1.54, 1.807) is 0 Å². The van der Waals surface area contributed by atoms with E-state index in [1.807, 2.05) is 37.8 Å². The van der Waals surface area contributed by atoms with Crippen LogP contribution >= 0.6 is 0 Å². The summed E-state index contributed by atoms with van der Waals surface area (Å²) in [6.07, 6.45) is 3.02. The summed E-state index contributed by atoms with van der Waals surface area (Å²) in [4.78, 5) is 53.4. The van der Waals surface area contributed by atoms with Gasteiger partial charge in [0.25, 0.3) is 5.91 Å². The third-order valence-corrected chi connectivity index (χ3v) is 7.37. The molecule has 2 fully saturated rings. The summed E-state index contributed by atoms with van der Waals surface area (Å²) < 4.78 is 5.41. The first kappa shape index (κ1) is 30.8. The van der Waals surface area contributed by atoms with Crippen molar-refractivity contribution in [3.8, 4) is 0 Å². The number of nitrogens with one attached hydrogen (secondary N) is 2. The molecule has 228 valence electrons. The fraction of sp³-hybridized carbons (Fsp3) is 0.586. The maximum atomic E-state index is 12.3. The van der Waals surface area contributed by atoms with Crippen LogP contribution in [0, 0.1) is 0 Å². The number of alkyl carbamates (subject to hydrolysis) is 1. The maximum Gasteiger partial charge on any atom is 0.407 e. The number of hydrogen-bond donors (Lipinski definition) is 4. The fourth-order valence-electron chi connectivity index (χ4n) is 5.21. The van der Waals surface area contributed by atoms with Gasteiger partial charge in [0.2, 0.25) is 5.95 Å². The average molecular weight is 583 g/mol. The topological polar surface area (TPSA) is 176 Å². The SMILES string of the molecule is CC(C)c1cc(Nc2nc(N3CCC[C@H](NC(=O)OC(C)(C)C)C3)ncc2C(N)=O)cc(C2CCN(C(=O)O)CC2)n1. The van der Waals surface area contributed by atoms with Crippen molar-refractivity contribution >= 4 is 35.5 Å². The molecule has 1 atom stereocenters. The van der Waals surface area contributed by atoms with Crippen molar-refractivity contribution in [2.75, 3.05) is 36.4 Å². The molecule has 13 heteroatoms. The maximum absolute atomic E-state index is 12.3. The van der Waals surface area contributed by atoms with E-state index < -0.39 is 23.7 Å². The molecular weight excluding hydrogens is 540 g/mol. The summed E-state index contributed by atoms with van der Waals surface area (Å²) in [5.74, 6) is 0.287. The number of carbonyl (C=O) groups excluding carboxylic acids is 2. The monoisotopic (exact) mass is 582 g/mol. The summed E-state index contributed by atoms with van der Waals surface area (Å²) >= 11 is 0. The molecule has 13 nitrogen and oxygen atoms in total. The molecule has 0 saturated carbocycles. The molecule has 2 aliphatic rings. The molecule has 2 aliphatic heterocycles. The molecule has 0 radical (unpaired) electrons. The Balaban J connectivity index is 1.56.